The first-order valence-corrected chi connectivity index (χ1v) is 4.76. The van der Waals surface area contributed by atoms with Gasteiger partial charge < -0.3 is 9.47 Å². The SMILES string of the molecule is CCOC(=O)C(F)(F)Oc1ccc(C)cc1. The zero-order chi connectivity index (χ0) is 12.2. The summed E-state index contributed by atoms with van der Waals surface area (Å²) in [6.45, 7) is 3.14. The third-order valence-corrected chi connectivity index (χ3v) is 1.78. The van der Waals surface area contributed by atoms with E-state index in [4.69, 9.17) is 0 Å². The summed E-state index contributed by atoms with van der Waals surface area (Å²) in [5.74, 6) is -1.76. The normalized spacial score (nSPS) is 11.0. The first-order valence-electron chi connectivity index (χ1n) is 4.76. The highest BCUT2D eigenvalue weighted by atomic mass is 19.3. The number of hydrogen-bond acceptors (Lipinski definition) is 3. The summed E-state index contributed by atoms with van der Waals surface area (Å²) in [5.41, 5.74) is 0.909. The van der Waals surface area contributed by atoms with Crippen LogP contribution >= 0.6 is 0 Å². The van der Waals surface area contributed by atoms with Crippen molar-refractivity contribution < 1.29 is 23.0 Å². The molecule has 0 aromatic heterocycles. The summed E-state index contributed by atoms with van der Waals surface area (Å²) in [6.07, 6.45) is -3.95. The standard InChI is InChI=1S/C11H12F2O3/c1-3-15-10(14)11(12,13)16-9-6-4-8(2)5-7-9/h4-7H,3H2,1-2H3. The van der Waals surface area contributed by atoms with E-state index in [1.807, 2.05) is 6.92 Å². The number of esters is 1. The predicted octanol–water partition coefficient (Wildman–Crippen LogP) is 2.53. The lowest BCUT2D eigenvalue weighted by Gasteiger charge is -2.15. The Bertz CT molecular complexity index is 360. The van der Waals surface area contributed by atoms with E-state index in [2.05, 4.69) is 9.47 Å². The lowest BCUT2D eigenvalue weighted by Crippen LogP contribution is -2.36. The minimum Gasteiger partial charge on any atom is -0.459 e. The van der Waals surface area contributed by atoms with Gasteiger partial charge in [-0.15, -0.1) is 0 Å². The molecular formula is C11H12F2O3. The Morgan fingerprint density at radius 1 is 1.31 bits per heavy atom. The summed E-state index contributed by atoms with van der Waals surface area (Å²) in [5, 5.41) is 0. The summed E-state index contributed by atoms with van der Waals surface area (Å²) in [7, 11) is 0. The largest absolute Gasteiger partial charge is 0.502 e. The van der Waals surface area contributed by atoms with Gasteiger partial charge in [-0.05, 0) is 26.0 Å². The number of aryl methyl sites for hydroxylation is 1. The fourth-order valence-electron chi connectivity index (χ4n) is 1.01. The van der Waals surface area contributed by atoms with Crippen molar-refractivity contribution in [1.82, 2.24) is 0 Å². The van der Waals surface area contributed by atoms with Crippen LogP contribution in [0.3, 0.4) is 0 Å². The summed E-state index contributed by atoms with van der Waals surface area (Å²) in [4.78, 5) is 10.8. The Labute approximate surface area is 92.0 Å². The zero-order valence-electron chi connectivity index (χ0n) is 9.00. The number of hydrogen-bond donors (Lipinski definition) is 0. The van der Waals surface area contributed by atoms with Crippen LogP contribution in [0, 0.1) is 6.92 Å². The Balaban J connectivity index is 2.72. The van der Waals surface area contributed by atoms with E-state index < -0.39 is 12.1 Å². The third kappa shape index (κ3) is 3.18. The van der Waals surface area contributed by atoms with Gasteiger partial charge >= 0.3 is 12.1 Å². The van der Waals surface area contributed by atoms with Crippen LogP contribution < -0.4 is 4.74 Å². The van der Waals surface area contributed by atoms with Crippen molar-refractivity contribution in [2.45, 2.75) is 20.0 Å². The second kappa shape index (κ2) is 4.92. The van der Waals surface area contributed by atoms with E-state index in [0.717, 1.165) is 5.56 Å². The quantitative estimate of drug-likeness (QED) is 0.745. The molecule has 1 rings (SSSR count). The molecule has 0 amide bonds. The number of halogens is 2. The van der Waals surface area contributed by atoms with Crippen LogP contribution in [0.1, 0.15) is 12.5 Å². The van der Waals surface area contributed by atoms with Crippen LogP contribution in [0.5, 0.6) is 5.75 Å². The number of alkyl halides is 2. The predicted molar refractivity (Wildman–Crippen MR) is 53.4 cm³/mol. The smallest absolute Gasteiger partial charge is 0.459 e. The summed E-state index contributed by atoms with van der Waals surface area (Å²) in [6, 6.07) is 5.94. The van der Waals surface area contributed by atoms with Crippen molar-refractivity contribution in [3.8, 4) is 5.75 Å². The fourth-order valence-corrected chi connectivity index (χ4v) is 1.01. The third-order valence-electron chi connectivity index (χ3n) is 1.78. The molecule has 0 fully saturated rings. The highest BCUT2D eigenvalue weighted by Crippen LogP contribution is 2.23. The van der Waals surface area contributed by atoms with E-state index in [-0.39, 0.29) is 12.4 Å². The van der Waals surface area contributed by atoms with Crippen molar-refractivity contribution in [3.05, 3.63) is 29.8 Å². The lowest BCUT2D eigenvalue weighted by atomic mass is 10.2. The maximum atomic E-state index is 13.1. The van der Waals surface area contributed by atoms with Gasteiger partial charge in [-0.2, -0.15) is 8.78 Å². The van der Waals surface area contributed by atoms with Crippen LogP contribution in [0.2, 0.25) is 0 Å². The van der Waals surface area contributed by atoms with Crippen LogP contribution in [-0.4, -0.2) is 18.7 Å². The highest BCUT2D eigenvalue weighted by molar-refractivity contribution is 5.76. The van der Waals surface area contributed by atoms with Gasteiger partial charge in [0.25, 0.3) is 0 Å². The van der Waals surface area contributed by atoms with Crippen molar-refractivity contribution >= 4 is 5.97 Å². The number of ether oxygens (including phenoxy) is 2. The molecule has 0 aliphatic rings. The molecule has 0 aliphatic carbocycles. The van der Waals surface area contributed by atoms with Crippen molar-refractivity contribution in [2.75, 3.05) is 6.61 Å². The van der Waals surface area contributed by atoms with E-state index in [1.165, 1.54) is 19.1 Å². The van der Waals surface area contributed by atoms with Gasteiger partial charge in [-0.1, -0.05) is 17.7 Å². The molecule has 0 spiro atoms. The topological polar surface area (TPSA) is 35.5 Å². The molecule has 1 aromatic carbocycles. The molecule has 0 atom stereocenters. The first-order chi connectivity index (χ1) is 7.45. The summed E-state index contributed by atoms with van der Waals surface area (Å²) >= 11 is 0. The average molecular weight is 230 g/mol. The molecule has 5 heteroatoms. The molecule has 16 heavy (non-hydrogen) atoms. The molecule has 0 N–H and O–H groups in total. The van der Waals surface area contributed by atoms with Crippen LogP contribution in [0.4, 0.5) is 8.78 Å². The molecule has 0 aliphatic heterocycles. The molecule has 0 unspecified atom stereocenters. The van der Waals surface area contributed by atoms with Gasteiger partial charge in [0.15, 0.2) is 0 Å². The highest BCUT2D eigenvalue weighted by Gasteiger charge is 2.44. The van der Waals surface area contributed by atoms with Crippen LogP contribution in [0.15, 0.2) is 24.3 Å². The second-order valence-electron chi connectivity index (χ2n) is 3.15. The van der Waals surface area contributed by atoms with Gasteiger partial charge in [0.1, 0.15) is 5.75 Å². The second-order valence-corrected chi connectivity index (χ2v) is 3.15. The average Bonchev–Trinajstić information content (AvgIpc) is 2.21. The molecule has 0 saturated carbocycles. The van der Waals surface area contributed by atoms with Gasteiger partial charge in [0.2, 0.25) is 0 Å². The molecule has 0 bridgehead atoms. The minimum absolute atomic E-state index is 0.0800. The van der Waals surface area contributed by atoms with Crippen molar-refractivity contribution in [2.24, 2.45) is 0 Å². The van der Waals surface area contributed by atoms with E-state index in [9.17, 15) is 13.6 Å². The van der Waals surface area contributed by atoms with E-state index in [1.54, 1.807) is 12.1 Å². The molecule has 3 nitrogen and oxygen atoms in total. The Hall–Kier alpha value is -1.65. The lowest BCUT2D eigenvalue weighted by molar-refractivity contribution is -0.216. The molecule has 88 valence electrons. The maximum absolute atomic E-state index is 13.1. The number of carbonyl (C=O) groups is 1. The maximum Gasteiger partial charge on any atom is 0.502 e. The van der Waals surface area contributed by atoms with Gasteiger partial charge in [0, 0.05) is 0 Å². The first kappa shape index (κ1) is 12.4. The molecule has 0 heterocycles. The monoisotopic (exact) mass is 230 g/mol. The van der Waals surface area contributed by atoms with E-state index >= 15 is 0 Å². The Morgan fingerprint density at radius 3 is 2.38 bits per heavy atom. The number of benzene rings is 1. The van der Waals surface area contributed by atoms with Gasteiger partial charge in [0.05, 0.1) is 6.61 Å². The van der Waals surface area contributed by atoms with E-state index in [0.29, 0.717) is 0 Å². The van der Waals surface area contributed by atoms with Crippen molar-refractivity contribution in [1.29, 1.82) is 0 Å². The van der Waals surface area contributed by atoms with Crippen LogP contribution in [0.25, 0.3) is 0 Å². The van der Waals surface area contributed by atoms with Crippen molar-refractivity contribution in [3.63, 3.8) is 0 Å². The Morgan fingerprint density at radius 2 is 1.88 bits per heavy atom. The number of carbonyl (C=O) groups excluding carboxylic acids is 1. The molecule has 0 saturated heterocycles. The molecular weight excluding hydrogens is 218 g/mol. The van der Waals surface area contributed by atoms with Gasteiger partial charge in [-0.3, -0.25) is 0 Å². The summed E-state index contributed by atoms with van der Waals surface area (Å²) < 4.78 is 34.6. The minimum atomic E-state index is -3.95. The molecule has 0 radical (unpaired) electrons. The fraction of sp³-hybridized carbons (Fsp3) is 0.364. The van der Waals surface area contributed by atoms with Gasteiger partial charge in [-0.25, -0.2) is 4.79 Å². The Kier molecular flexibility index (Phi) is 3.82. The van der Waals surface area contributed by atoms with Crippen LogP contribution in [-0.2, 0) is 9.53 Å². The number of rotatable bonds is 4. The zero-order valence-corrected chi connectivity index (χ0v) is 9.00. The molecule has 1 aromatic rings.